The summed E-state index contributed by atoms with van der Waals surface area (Å²) < 4.78 is 10.8. The number of hydrogen-bond donors (Lipinski definition) is 1. The quantitative estimate of drug-likeness (QED) is 0.208. The first-order chi connectivity index (χ1) is 15.5. The first kappa shape index (κ1) is 23.1. The fourth-order valence-corrected chi connectivity index (χ4v) is 3.62. The second kappa shape index (κ2) is 10.7. The van der Waals surface area contributed by atoms with E-state index in [0.717, 1.165) is 0 Å². The van der Waals surface area contributed by atoms with E-state index in [9.17, 15) is 14.9 Å². The molecule has 0 bridgehead atoms. The van der Waals surface area contributed by atoms with Gasteiger partial charge >= 0.3 is 17.5 Å². The van der Waals surface area contributed by atoms with Gasteiger partial charge in [-0.15, -0.1) is 0 Å². The third kappa shape index (κ3) is 5.19. The van der Waals surface area contributed by atoms with Gasteiger partial charge in [0.1, 0.15) is 23.2 Å². The minimum Gasteiger partial charge on any atom is -0.466 e. The van der Waals surface area contributed by atoms with E-state index in [0.29, 0.717) is 49.5 Å². The molecule has 1 aliphatic rings. The maximum atomic E-state index is 12.0. The van der Waals surface area contributed by atoms with Crippen LogP contribution in [0.25, 0.3) is 5.70 Å². The molecule has 168 valence electrons. The highest BCUT2D eigenvalue weighted by Crippen LogP contribution is 2.37. The van der Waals surface area contributed by atoms with Gasteiger partial charge in [0.25, 0.3) is 0 Å². The Morgan fingerprint density at radius 3 is 2.59 bits per heavy atom. The van der Waals surface area contributed by atoms with E-state index in [1.54, 1.807) is 36.1 Å². The number of esters is 1. The van der Waals surface area contributed by atoms with Gasteiger partial charge in [-0.05, 0) is 56.7 Å². The third-order valence-corrected chi connectivity index (χ3v) is 5.26. The van der Waals surface area contributed by atoms with E-state index in [4.69, 9.17) is 15.0 Å². The number of nitrogens with zero attached hydrogens (tertiary/aromatic N) is 5. The lowest BCUT2D eigenvalue weighted by molar-refractivity contribution is -0.385. The molecule has 1 aromatic carbocycles. The van der Waals surface area contributed by atoms with Gasteiger partial charge in [0.15, 0.2) is 0 Å². The fraction of sp³-hybridized carbons (Fsp3) is 0.350. The summed E-state index contributed by atoms with van der Waals surface area (Å²) in [5.74, 6) is -0.165. The van der Waals surface area contributed by atoms with Gasteiger partial charge in [-0.1, -0.05) is 0 Å². The van der Waals surface area contributed by atoms with Gasteiger partial charge < -0.3 is 14.4 Å². The van der Waals surface area contributed by atoms with E-state index in [-0.39, 0.29) is 29.3 Å². The van der Waals surface area contributed by atoms with E-state index in [2.05, 4.69) is 27.7 Å². The topological polar surface area (TPSA) is 144 Å². The number of aromatic nitrogens is 2. The lowest BCUT2D eigenvalue weighted by Crippen LogP contribution is -2.37. The second-order valence-electron chi connectivity index (χ2n) is 6.89. The number of piperidine rings is 1. The van der Waals surface area contributed by atoms with Crippen molar-refractivity contribution in [2.75, 3.05) is 24.6 Å². The van der Waals surface area contributed by atoms with Crippen LogP contribution in [-0.4, -0.2) is 40.6 Å². The molecule has 0 atom stereocenters. The average Bonchev–Trinajstić information content (AvgIpc) is 2.81. The summed E-state index contributed by atoms with van der Waals surface area (Å²) in [6, 6.07) is 6.56. The molecule has 1 N–H and O–H groups in total. The van der Waals surface area contributed by atoms with Gasteiger partial charge in [0.05, 0.1) is 17.4 Å². The van der Waals surface area contributed by atoms with Crippen LogP contribution in [0.2, 0.25) is 0 Å². The molecular weight excluding hydrogens is 436 g/mol. The van der Waals surface area contributed by atoms with Crippen LogP contribution in [0.3, 0.4) is 0 Å². The largest absolute Gasteiger partial charge is 0.466 e. The number of hydrogen-bond acceptors (Lipinski definition) is 10. The zero-order valence-electron chi connectivity index (χ0n) is 17.4. The highest BCUT2D eigenvalue weighted by molar-refractivity contribution is 7.62. The molecular formula is C20H23N6O5S+. The first-order valence-electron chi connectivity index (χ1n) is 9.92. The number of nitro groups is 1. The molecule has 0 radical (unpaired) electrons. The van der Waals surface area contributed by atoms with Gasteiger partial charge in [-0.2, -0.15) is 10.1 Å². The predicted molar refractivity (Wildman–Crippen MR) is 120 cm³/mol. The maximum absolute atomic E-state index is 12.0. The minimum absolute atomic E-state index is 0.149. The Bertz CT molecular complexity index is 1020. The van der Waals surface area contributed by atoms with Crippen LogP contribution in [0.1, 0.15) is 25.3 Å². The summed E-state index contributed by atoms with van der Waals surface area (Å²) >= 11 is 3.20. The van der Waals surface area contributed by atoms with E-state index < -0.39 is 4.92 Å². The predicted octanol–water partition coefficient (Wildman–Crippen LogP) is 3.30. The van der Waals surface area contributed by atoms with Crippen LogP contribution in [0.15, 0.2) is 41.1 Å². The van der Waals surface area contributed by atoms with E-state index >= 15 is 0 Å². The number of nitrogens with one attached hydrogen (secondary N) is 1. The van der Waals surface area contributed by atoms with Crippen LogP contribution < -0.4 is 9.64 Å². The highest BCUT2D eigenvalue weighted by Gasteiger charge is 2.33. The first-order valence-corrected chi connectivity index (χ1v) is 10.5. The van der Waals surface area contributed by atoms with Crippen molar-refractivity contribution in [3.05, 3.63) is 51.7 Å². The van der Waals surface area contributed by atoms with E-state index in [1.807, 2.05) is 0 Å². The Morgan fingerprint density at radius 2 is 2.03 bits per heavy atom. The summed E-state index contributed by atoms with van der Waals surface area (Å²) in [5.41, 5.74) is 7.90. The normalized spacial score (nSPS) is 14.7. The Labute approximate surface area is 189 Å². The summed E-state index contributed by atoms with van der Waals surface area (Å²) in [6.07, 6.45) is 2.25. The average molecular weight is 460 g/mol. The Kier molecular flexibility index (Phi) is 7.71. The molecule has 0 saturated carbocycles. The van der Waals surface area contributed by atoms with Crippen molar-refractivity contribution in [3.63, 3.8) is 0 Å². The van der Waals surface area contributed by atoms with Gasteiger partial charge in [-0.25, -0.2) is 10.5 Å². The Morgan fingerprint density at radius 1 is 1.34 bits per heavy atom. The van der Waals surface area contributed by atoms with Gasteiger partial charge in [0, 0.05) is 18.7 Å². The van der Waals surface area contributed by atoms with Gasteiger partial charge in [-0.3, -0.25) is 14.9 Å². The summed E-state index contributed by atoms with van der Waals surface area (Å²) in [5, 5.41) is 16.8. The van der Waals surface area contributed by atoms with Crippen molar-refractivity contribution in [1.29, 1.82) is 5.53 Å². The molecule has 1 aromatic heterocycles. The molecule has 0 aliphatic carbocycles. The van der Waals surface area contributed by atoms with Crippen LogP contribution in [0, 0.1) is 21.6 Å². The Hall–Kier alpha value is -3.54. The molecule has 2 heterocycles. The smallest absolute Gasteiger partial charge is 0.373 e. The van der Waals surface area contributed by atoms with Crippen molar-refractivity contribution < 1.29 is 19.2 Å². The number of anilines is 1. The lowest BCUT2D eigenvalue weighted by atomic mass is 9.97. The molecule has 32 heavy (non-hydrogen) atoms. The van der Waals surface area contributed by atoms with Crippen molar-refractivity contribution in [3.8, 4) is 11.6 Å². The summed E-state index contributed by atoms with van der Waals surface area (Å²) in [7, 11) is 0. The molecule has 12 heteroatoms. The number of carbonyl (C=O) groups is 1. The molecule has 1 fully saturated rings. The maximum Gasteiger partial charge on any atom is 0.373 e. The Balaban J connectivity index is 1.81. The molecule has 2 aromatic rings. The molecule has 3 rings (SSSR count). The molecule has 0 spiro atoms. The lowest BCUT2D eigenvalue weighted by Gasteiger charge is -2.31. The van der Waals surface area contributed by atoms with Gasteiger partial charge in [0.2, 0.25) is 5.82 Å². The number of carbonyl (C=O) groups excluding carboxylic acids is 1. The minimum atomic E-state index is -0.569. The van der Waals surface area contributed by atoms with Crippen LogP contribution in [-0.2, 0) is 22.2 Å². The zero-order valence-corrected chi connectivity index (χ0v) is 18.4. The number of rotatable bonds is 8. The van der Waals surface area contributed by atoms with Crippen LogP contribution >= 0.6 is 0 Å². The SMILES string of the molecule is CCOC(=O)C1CCN(c2ncnc(Oc3ccc(/C(=C/[SH2+])N=N)cc3)c2[N+](=O)[O-])CC1. The van der Waals surface area contributed by atoms with E-state index in [1.165, 1.54) is 11.7 Å². The number of benzene rings is 1. The van der Waals surface area contributed by atoms with Crippen LogP contribution in [0.5, 0.6) is 11.6 Å². The molecule has 11 nitrogen and oxygen atoms in total. The zero-order chi connectivity index (χ0) is 23.1. The number of ether oxygens (including phenoxy) is 2. The van der Waals surface area contributed by atoms with Crippen molar-refractivity contribution in [2.24, 2.45) is 11.0 Å². The molecule has 1 aliphatic heterocycles. The summed E-state index contributed by atoms with van der Waals surface area (Å²) in [6.45, 7) is 2.93. The molecule has 1 saturated heterocycles. The molecule has 0 amide bonds. The van der Waals surface area contributed by atoms with Crippen molar-refractivity contribution in [2.45, 2.75) is 19.8 Å². The van der Waals surface area contributed by atoms with Crippen LogP contribution in [0.4, 0.5) is 11.5 Å². The standard InChI is InChI=1S/C20H22N6O5S/c1-2-30-20(27)14-7-9-25(10-8-14)18-17(26(28)29)19(23-12-22-18)31-15-5-3-13(4-6-15)16(11-32)24-21/h3-6,11-12,14,21,32H,2,7-10H2,1H3/p+1/b16-11-,24-21?. The highest BCUT2D eigenvalue weighted by atomic mass is 32.1. The monoisotopic (exact) mass is 459 g/mol. The van der Waals surface area contributed by atoms with Crippen molar-refractivity contribution >= 4 is 35.8 Å². The second-order valence-corrected chi connectivity index (χ2v) is 7.18. The molecule has 0 unspecified atom stereocenters. The summed E-state index contributed by atoms with van der Waals surface area (Å²) in [4.78, 5) is 33.1. The fourth-order valence-electron chi connectivity index (χ4n) is 3.39. The van der Waals surface area contributed by atoms with Crippen molar-refractivity contribution in [1.82, 2.24) is 9.97 Å². The third-order valence-electron chi connectivity index (χ3n) is 4.99.